The van der Waals surface area contributed by atoms with Crippen molar-refractivity contribution >= 4 is 16.7 Å². The van der Waals surface area contributed by atoms with Crippen LogP contribution in [0.2, 0.25) is 0 Å². The zero-order chi connectivity index (χ0) is 14.6. The summed E-state index contributed by atoms with van der Waals surface area (Å²) in [6.45, 7) is 0.720. The second-order valence-corrected chi connectivity index (χ2v) is 4.75. The van der Waals surface area contributed by atoms with Crippen LogP contribution in [0.1, 0.15) is 17.0 Å². The Kier molecular flexibility index (Phi) is 4.56. The van der Waals surface area contributed by atoms with Crippen LogP contribution in [-0.2, 0) is 24.1 Å². The van der Waals surface area contributed by atoms with E-state index in [4.69, 9.17) is 4.74 Å². The minimum atomic E-state index is -4.31. The van der Waals surface area contributed by atoms with Crippen LogP contribution in [-0.4, -0.2) is 16.5 Å². The van der Waals surface area contributed by atoms with E-state index >= 15 is 0 Å². The Morgan fingerprint density at radius 3 is 2.55 bits per heavy atom. The molecule has 1 aromatic carbocycles. The number of anilines is 1. The molecule has 0 unspecified atom stereocenters. The van der Waals surface area contributed by atoms with Gasteiger partial charge in [-0.1, -0.05) is 12.1 Å². The predicted octanol–water partition coefficient (Wildman–Crippen LogP) is 3.32. The standard InChI is InChI=1S/C12H12F3N3OS/c1-19-7-10-17-11(20-18-10)16-6-8-2-4-9(5-3-8)12(13,14)15/h2-5H,6-7H2,1H3,(H,16,17,18). The van der Waals surface area contributed by atoms with Gasteiger partial charge in [-0.25, -0.2) is 4.98 Å². The molecule has 0 radical (unpaired) electrons. The van der Waals surface area contributed by atoms with Gasteiger partial charge in [-0.2, -0.15) is 17.5 Å². The summed E-state index contributed by atoms with van der Waals surface area (Å²) in [6, 6.07) is 5.00. The van der Waals surface area contributed by atoms with Gasteiger partial charge in [0, 0.05) is 25.2 Å². The lowest BCUT2D eigenvalue weighted by Crippen LogP contribution is -2.05. The van der Waals surface area contributed by atoms with E-state index in [1.807, 2.05) is 0 Å². The second-order valence-electron chi connectivity index (χ2n) is 4.00. The lowest BCUT2D eigenvalue weighted by atomic mass is 10.1. The first kappa shape index (κ1) is 14.7. The number of alkyl halides is 3. The van der Waals surface area contributed by atoms with Crippen molar-refractivity contribution in [3.05, 3.63) is 41.2 Å². The highest BCUT2D eigenvalue weighted by atomic mass is 32.1. The van der Waals surface area contributed by atoms with Crippen LogP contribution in [0, 0.1) is 0 Å². The number of nitrogens with one attached hydrogen (secondary N) is 1. The molecule has 0 fully saturated rings. The highest BCUT2D eigenvalue weighted by Gasteiger charge is 2.29. The smallest absolute Gasteiger partial charge is 0.377 e. The van der Waals surface area contributed by atoms with E-state index in [0.717, 1.165) is 17.7 Å². The molecule has 0 aliphatic rings. The zero-order valence-electron chi connectivity index (χ0n) is 10.6. The van der Waals surface area contributed by atoms with Crippen LogP contribution in [0.5, 0.6) is 0 Å². The van der Waals surface area contributed by atoms with E-state index < -0.39 is 11.7 Å². The van der Waals surface area contributed by atoms with E-state index in [0.29, 0.717) is 24.1 Å². The quantitative estimate of drug-likeness (QED) is 0.920. The van der Waals surface area contributed by atoms with Gasteiger partial charge in [-0.05, 0) is 17.7 Å². The Labute approximate surface area is 117 Å². The first-order valence-electron chi connectivity index (χ1n) is 5.70. The van der Waals surface area contributed by atoms with Gasteiger partial charge in [0.2, 0.25) is 5.13 Å². The topological polar surface area (TPSA) is 47.0 Å². The van der Waals surface area contributed by atoms with Crippen LogP contribution >= 0.6 is 11.5 Å². The Hall–Kier alpha value is -1.67. The molecule has 108 valence electrons. The van der Waals surface area contributed by atoms with E-state index in [9.17, 15) is 13.2 Å². The number of methoxy groups -OCH3 is 1. The number of nitrogens with zero attached hydrogens (tertiary/aromatic N) is 2. The van der Waals surface area contributed by atoms with E-state index in [2.05, 4.69) is 14.7 Å². The fourth-order valence-corrected chi connectivity index (χ4v) is 2.07. The monoisotopic (exact) mass is 303 g/mol. The van der Waals surface area contributed by atoms with Crippen LogP contribution in [0.4, 0.5) is 18.3 Å². The molecular formula is C12H12F3N3OS. The molecule has 1 N–H and O–H groups in total. The molecule has 0 saturated carbocycles. The summed E-state index contributed by atoms with van der Waals surface area (Å²) < 4.78 is 46.2. The van der Waals surface area contributed by atoms with Crippen LogP contribution in [0.3, 0.4) is 0 Å². The molecule has 0 saturated heterocycles. The van der Waals surface area contributed by atoms with Crippen molar-refractivity contribution in [3.63, 3.8) is 0 Å². The highest BCUT2D eigenvalue weighted by molar-refractivity contribution is 7.09. The molecule has 0 aliphatic heterocycles. The molecule has 0 atom stereocenters. The highest BCUT2D eigenvalue weighted by Crippen LogP contribution is 2.29. The molecule has 2 aromatic rings. The molecule has 4 nitrogen and oxygen atoms in total. The number of aromatic nitrogens is 2. The normalized spacial score (nSPS) is 11.6. The van der Waals surface area contributed by atoms with E-state index in [-0.39, 0.29) is 0 Å². The summed E-state index contributed by atoms with van der Waals surface area (Å²) in [6.07, 6.45) is -4.31. The Bertz CT molecular complexity index is 554. The average Bonchev–Trinajstić information content (AvgIpc) is 2.84. The Morgan fingerprint density at radius 1 is 1.25 bits per heavy atom. The summed E-state index contributed by atoms with van der Waals surface area (Å²) in [5, 5.41) is 3.61. The second kappa shape index (κ2) is 6.19. The van der Waals surface area contributed by atoms with Gasteiger partial charge in [-0.3, -0.25) is 0 Å². The van der Waals surface area contributed by atoms with Crippen molar-refractivity contribution in [2.45, 2.75) is 19.3 Å². The molecule has 0 spiro atoms. The number of ether oxygens (including phenoxy) is 1. The zero-order valence-corrected chi connectivity index (χ0v) is 11.4. The lowest BCUT2D eigenvalue weighted by molar-refractivity contribution is -0.137. The maximum absolute atomic E-state index is 12.4. The van der Waals surface area contributed by atoms with Crippen LogP contribution < -0.4 is 5.32 Å². The van der Waals surface area contributed by atoms with Gasteiger partial charge in [0.15, 0.2) is 5.82 Å². The van der Waals surface area contributed by atoms with E-state index in [1.165, 1.54) is 23.7 Å². The average molecular weight is 303 g/mol. The number of rotatable bonds is 5. The fourth-order valence-electron chi connectivity index (χ4n) is 1.50. The fraction of sp³-hybridized carbons (Fsp3) is 0.333. The summed E-state index contributed by atoms with van der Waals surface area (Å²) >= 11 is 1.18. The van der Waals surface area contributed by atoms with Gasteiger partial charge in [0.25, 0.3) is 0 Å². The summed E-state index contributed by atoms with van der Waals surface area (Å²) in [5.74, 6) is 0.576. The molecule has 1 heterocycles. The summed E-state index contributed by atoms with van der Waals surface area (Å²) in [7, 11) is 1.55. The van der Waals surface area contributed by atoms with Gasteiger partial charge in [-0.15, -0.1) is 0 Å². The maximum Gasteiger partial charge on any atom is 0.416 e. The molecule has 0 aliphatic carbocycles. The third-order valence-electron chi connectivity index (χ3n) is 2.47. The Balaban J connectivity index is 1.93. The predicted molar refractivity (Wildman–Crippen MR) is 69.4 cm³/mol. The van der Waals surface area contributed by atoms with Crippen LogP contribution in [0.25, 0.3) is 0 Å². The van der Waals surface area contributed by atoms with Crippen molar-refractivity contribution in [2.24, 2.45) is 0 Å². The minimum absolute atomic E-state index is 0.332. The third-order valence-corrected chi connectivity index (χ3v) is 3.18. The van der Waals surface area contributed by atoms with Gasteiger partial charge in [0.05, 0.1) is 5.56 Å². The molecule has 2 rings (SSSR count). The minimum Gasteiger partial charge on any atom is -0.377 e. The number of halogens is 3. The molecule has 8 heteroatoms. The number of benzene rings is 1. The molecule has 0 bridgehead atoms. The molecule has 20 heavy (non-hydrogen) atoms. The molecule has 0 amide bonds. The number of hydrogen-bond acceptors (Lipinski definition) is 5. The van der Waals surface area contributed by atoms with Crippen molar-refractivity contribution in [1.82, 2.24) is 9.36 Å². The largest absolute Gasteiger partial charge is 0.416 e. The molecular weight excluding hydrogens is 291 g/mol. The number of hydrogen-bond donors (Lipinski definition) is 1. The SMILES string of the molecule is COCc1nsc(NCc2ccc(C(F)(F)F)cc2)n1. The first-order valence-corrected chi connectivity index (χ1v) is 6.48. The lowest BCUT2D eigenvalue weighted by Gasteiger charge is -2.07. The third kappa shape index (κ3) is 3.91. The van der Waals surface area contributed by atoms with Gasteiger partial charge < -0.3 is 10.1 Å². The maximum atomic E-state index is 12.4. The molecule has 1 aromatic heterocycles. The van der Waals surface area contributed by atoms with Crippen molar-refractivity contribution < 1.29 is 17.9 Å². The summed E-state index contributed by atoms with van der Waals surface area (Å²) in [4.78, 5) is 4.16. The van der Waals surface area contributed by atoms with Crippen molar-refractivity contribution in [1.29, 1.82) is 0 Å². The summed E-state index contributed by atoms with van der Waals surface area (Å²) in [5.41, 5.74) is 0.0843. The van der Waals surface area contributed by atoms with Crippen molar-refractivity contribution in [3.8, 4) is 0 Å². The van der Waals surface area contributed by atoms with Crippen molar-refractivity contribution in [2.75, 3.05) is 12.4 Å². The van der Waals surface area contributed by atoms with Gasteiger partial charge >= 0.3 is 6.18 Å². The van der Waals surface area contributed by atoms with Crippen LogP contribution in [0.15, 0.2) is 24.3 Å². The van der Waals surface area contributed by atoms with Gasteiger partial charge in [0.1, 0.15) is 6.61 Å². The van der Waals surface area contributed by atoms with E-state index in [1.54, 1.807) is 7.11 Å². The first-order chi connectivity index (χ1) is 9.49. The Morgan fingerprint density at radius 2 is 1.95 bits per heavy atom.